The van der Waals surface area contributed by atoms with E-state index in [2.05, 4.69) is 10.1 Å². The highest BCUT2D eigenvalue weighted by atomic mass is 19.1. The van der Waals surface area contributed by atoms with Gasteiger partial charge in [0.15, 0.2) is 0 Å². The van der Waals surface area contributed by atoms with Crippen LogP contribution < -0.4 is 15.1 Å². The number of hydrogen-bond donors (Lipinski definition) is 1. The third kappa shape index (κ3) is 3.75. The van der Waals surface area contributed by atoms with Gasteiger partial charge in [-0.25, -0.2) is 9.18 Å². The summed E-state index contributed by atoms with van der Waals surface area (Å²) in [5.41, 5.74) is -1.74. The first-order valence-corrected chi connectivity index (χ1v) is 7.81. The van der Waals surface area contributed by atoms with Crippen LogP contribution in [0.2, 0.25) is 0 Å². The van der Waals surface area contributed by atoms with Crippen LogP contribution >= 0.6 is 0 Å². The zero-order valence-corrected chi connectivity index (χ0v) is 14.4. The molecule has 0 unspecified atom stereocenters. The quantitative estimate of drug-likeness (QED) is 0.873. The fourth-order valence-corrected chi connectivity index (χ4v) is 2.74. The number of carbonyl (C=O) groups is 2. The van der Waals surface area contributed by atoms with Gasteiger partial charge in [-0.15, -0.1) is 0 Å². The topological polar surface area (TPSA) is 71.1 Å². The summed E-state index contributed by atoms with van der Waals surface area (Å²) in [5, 5.41) is 2.66. The second kappa shape index (κ2) is 7.11. The first-order valence-electron chi connectivity index (χ1n) is 11.8. The van der Waals surface area contributed by atoms with Gasteiger partial charge < -0.3 is 19.7 Å². The van der Waals surface area contributed by atoms with Crippen molar-refractivity contribution in [3.63, 3.8) is 0 Å². The van der Waals surface area contributed by atoms with E-state index in [1.165, 1.54) is 13.0 Å². The molecule has 2 fully saturated rings. The fraction of sp³-hybridized carbons (Fsp3) is 0.556. The van der Waals surface area contributed by atoms with E-state index in [0.29, 0.717) is 0 Å². The van der Waals surface area contributed by atoms with E-state index in [4.69, 9.17) is 15.7 Å². The summed E-state index contributed by atoms with van der Waals surface area (Å²) in [6.07, 6.45) is -1.62. The SMILES string of the molecule is [2H]C1([2H])OC([2H])([2H])C([2H])([2H])N(c2ccc(N3C[C@H](C(C)(C)NC(C)=O)OC3=O)cc2F)C1([2H])[2H]. The number of carbonyl (C=O) groups excluding carboxylic acids is 2. The zero-order chi connectivity index (χ0) is 26.1. The molecule has 0 aliphatic carbocycles. The van der Waals surface area contributed by atoms with E-state index in [9.17, 15) is 9.59 Å². The van der Waals surface area contributed by atoms with Crippen LogP contribution in [0, 0.1) is 5.82 Å². The molecule has 0 aromatic heterocycles. The van der Waals surface area contributed by atoms with Gasteiger partial charge in [-0.1, -0.05) is 0 Å². The number of morpholine rings is 1. The number of ether oxygens (including phenoxy) is 2. The number of anilines is 2. The van der Waals surface area contributed by atoms with Crippen molar-refractivity contribution in [2.75, 3.05) is 42.5 Å². The predicted octanol–water partition coefficient (Wildman–Crippen LogP) is 1.90. The number of cyclic esters (lactones) is 1. The Hall–Kier alpha value is -2.35. The lowest BCUT2D eigenvalue weighted by atomic mass is 9.97. The van der Waals surface area contributed by atoms with Crippen molar-refractivity contribution in [1.29, 1.82) is 0 Å². The van der Waals surface area contributed by atoms with Gasteiger partial charge in [-0.2, -0.15) is 0 Å². The summed E-state index contributed by atoms with van der Waals surface area (Å²) in [6, 6.07) is 2.88. The molecule has 1 atom stereocenters. The molecule has 0 saturated carbocycles. The number of rotatable bonds is 4. The highest BCUT2D eigenvalue weighted by Gasteiger charge is 2.42. The molecule has 2 heterocycles. The summed E-state index contributed by atoms with van der Waals surface area (Å²) >= 11 is 0. The minimum Gasteiger partial charge on any atom is -0.441 e. The normalized spacial score (nSPS) is 33.2. The average Bonchev–Trinajstić information content (AvgIpc) is 3.02. The van der Waals surface area contributed by atoms with E-state index in [1.807, 2.05) is 0 Å². The summed E-state index contributed by atoms with van der Waals surface area (Å²) in [7, 11) is 0. The van der Waals surface area contributed by atoms with Crippen molar-refractivity contribution < 1.29 is 34.4 Å². The van der Waals surface area contributed by atoms with Gasteiger partial charge in [0, 0.05) is 19.9 Å². The molecule has 3 rings (SSSR count). The van der Waals surface area contributed by atoms with E-state index < -0.39 is 55.4 Å². The Kier molecular flexibility index (Phi) is 2.93. The monoisotopic (exact) mass is 373 g/mol. The van der Waals surface area contributed by atoms with Crippen molar-refractivity contribution in [2.24, 2.45) is 0 Å². The van der Waals surface area contributed by atoms with Crippen molar-refractivity contribution >= 4 is 23.4 Å². The minimum atomic E-state index is -3.34. The van der Waals surface area contributed by atoms with Crippen molar-refractivity contribution in [3.8, 4) is 0 Å². The van der Waals surface area contributed by atoms with Crippen molar-refractivity contribution in [2.45, 2.75) is 32.4 Å². The van der Waals surface area contributed by atoms with Gasteiger partial charge in [-0.3, -0.25) is 9.69 Å². The molecule has 1 aromatic carbocycles. The molecular weight excluding hydrogens is 341 g/mol. The molecule has 0 bridgehead atoms. The van der Waals surface area contributed by atoms with Gasteiger partial charge in [0.1, 0.15) is 11.9 Å². The maximum absolute atomic E-state index is 15.2. The Morgan fingerprint density at radius 1 is 1.38 bits per heavy atom. The molecule has 2 saturated heterocycles. The number of nitrogens with one attached hydrogen (secondary N) is 1. The van der Waals surface area contributed by atoms with Crippen LogP contribution in [0.1, 0.15) is 31.7 Å². The molecule has 2 amide bonds. The molecule has 1 N–H and O–H groups in total. The summed E-state index contributed by atoms with van der Waals surface area (Å²) in [5.74, 6) is -1.58. The number of halogens is 1. The molecule has 1 aromatic rings. The standard InChI is InChI=1S/C18H24FN3O4/c1-12(23)20-18(2,3)16-11-22(17(24)26-16)13-4-5-15(14(19)10-13)21-6-8-25-9-7-21/h4-5,10,16H,6-9,11H2,1-3H3,(H,20,23)/t16-/m1/s1/i6D2,7D2,8D2,9D2. The fourth-order valence-electron chi connectivity index (χ4n) is 2.74. The van der Waals surface area contributed by atoms with Crippen molar-refractivity contribution in [1.82, 2.24) is 5.32 Å². The Bertz CT molecular complexity index is 997. The molecular formula is C18H24FN3O4. The van der Waals surface area contributed by atoms with Gasteiger partial charge in [-0.05, 0) is 32.0 Å². The van der Waals surface area contributed by atoms with E-state index in [0.717, 1.165) is 17.0 Å². The predicted molar refractivity (Wildman–Crippen MR) is 94.9 cm³/mol. The molecule has 142 valence electrons. The highest BCUT2D eigenvalue weighted by Crippen LogP contribution is 2.30. The third-order valence-corrected chi connectivity index (χ3v) is 4.02. The van der Waals surface area contributed by atoms with Crippen LogP contribution in [-0.4, -0.2) is 56.3 Å². The van der Waals surface area contributed by atoms with E-state index in [1.54, 1.807) is 13.8 Å². The smallest absolute Gasteiger partial charge is 0.414 e. The second-order valence-electron chi connectivity index (χ2n) is 6.39. The maximum Gasteiger partial charge on any atom is 0.414 e. The third-order valence-electron chi connectivity index (χ3n) is 4.02. The Labute approximate surface area is 163 Å². The lowest BCUT2D eigenvalue weighted by molar-refractivity contribution is -0.121. The van der Waals surface area contributed by atoms with Gasteiger partial charge in [0.2, 0.25) is 5.91 Å². The zero-order valence-electron chi connectivity index (χ0n) is 22.4. The van der Waals surface area contributed by atoms with E-state index in [-0.39, 0.29) is 23.0 Å². The molecule has 7 nitrogen and oxygen atoms in total. The van der Waals surface area contributed by atoms with Gasteiger partial charge >= 0.3 is 6.09 Å². The first kappa shape index (κ1) is 10.7. The summed E-state index contributed by atoms with van der Waals surface area (Å²) < 4.78 is 88.1. The van der Waals surface area contributed by atoms with Crippen LogP contribution in [0.3, 0.4) is 0 Å². The maximum atomic E-state index is 15.2. The summed E-state index contributed by atoms with van der Waals surface area (Å²) in [4.78, 5) is 24.9. The number of benzene rings is 1. The lowest BCUT2D eigenvalue weighted by Crippen LogP contribution is -2.53. The van der Waals surface area contributed by atoms with Crippen LogP contribution in [-0.2, 0) is 14.3 Å². The van der Waals surface area contributed by atoms with Gasteiger partial charge in [0.25, 0.3) is 0 Å². The Morgan fingerprint density at radius 2 is 2.08 bits per heavy atom. The number of hydrogen-bond acceptors (Lipinski definition) is 5. The number of nitrogens with zero attached hydrogens (tertiary/aromatic N) is 2. The molecule has 26 heavy (non-hydrogen) atoms. The second-order valence-corrected chi connectivity index (χ2v) is 6.39. The van der Waals surface area contributed by atoms with Crippen LogP contribution in [0.4, 0.5) is 20.6 Å². The Balaban J connectivity index is 1.98. The largest absolute Gasteiger partial charge is 0.441 e. The Morgan fingerprint density at radius 3 is 2.69 bits per heavy atom. The van der Waals surface area contributed by atoms with Crippen LogP contribution in [0.15, 0.2) is 18.2 Å². The summed E-state index contributed by atoms with van der Waals surface area (Å²) in [6.45, 7) is -8.78. The molecule has 2 aliphatic heterocycles. The minimum absolute atomic E-state index is 0.0206. The van der Waals surface area contributed by atoms with Crippen LogP contribution in [0.25, 0.3) is 0 Å². The molecule has 2 aliphatic rings. The van der Waals surface area contributed by atoms with Gasteiger partial charge in [0.05, 0.1) is 47.5 Å². The average molecular weight is 373 g/mol. The molecule has 0 radical (unpaired) electrons. The van der Waals surface area contributed by atoms with E-state index >= 15 is 4.39 Å². The molecule has 0 spiro atoms. The van der Waals surface area contributed by atoms with Crippen LogP contribution in [0.5, 0.6) is 0 Å². The highest BCUT2D eigenvalue weighted by molar-refractivity contribution is 5.90. The van der Waals surface area contributed by atoms with Crippen molar-refractivity contribution in [3.05, 3.63) is 24.0 Å². The lowest BCUT2D eigenvalue weighted by Gasteiger charge is -2.30. The first-order chi connectivity index (χ1) is 15.2. The molecule has 8 heteroatoms. The number of amides is 2.